The molecule has 2 heterocycles. The molecular weight excluding hydrogens is 404 g/mol. The lowest BCUT2D eigenvalue weighted by Gasteiger charge is -2.35. The molecule has 3 rings (SSSR count). The number of anilines is 2. The van der Waals surface area contributed by atoms with Crippen LogP contribution in [0.25, 0.3) is 0 Å². The number of ether oxygens (including phenoxy) is 2. The summed E-state index contributed by atoms with van der Waals surface area (Å²) < 4.78 is 10.5. The highest BCUT2D eigenvalue weighted by atomic mass is 32.1. The van der Waals surface area contributed by atoms with Crippen LogP contribution in [0.5, 0.6) is 0 Å². The number of nitrogens with zero attached hydrogens (tertiary/aromatic N) is 3. The normalized spacial score (nSPS) is 19.1. The van der Waals surface area contributed by atoms with Crippen LogP contribution >= 0.6 is 12.2 Å². The number of amides is 2. The lowest BCUT2D eigenvalue weighted by molar-refractivity contribution is 0.105. The smallest absolute Gasteiger partial charge is 0.414 e. The summed E-state index contributed by atoms with van der Waals surface area (Å²) >= 11 is 5.28. The fourth-order valence-electron chi connectivity index (χ4n) is 3.46. The van der Waals surface area contributed by atoms with Crippen molar-refractivity contribution in [3.05, 3.63) is 24.3 Å². The topological polar surface area (TPSA) is 74.3 Å². The summed E-state index contributed by atoms with van der Waals surface area (Å²) in [6, 6.07) is 7.87. The Morgan fingerprint density at radius 2 is 1.83 bits per heavy atom. The van der Waals surface area contributed by atoms with Gasteiger partial charge in [0.05, 0.1) is 24.7 Å². The van der Waals surface area contributed by atoms with Crippen molar-refractivity contribution in [2.45, 2.75) is 26.9 Å². The second kappa shape index (κ2) is 9.97. The molecule has 1 unspecified atom stereocenters. The van der Waals surface area contributed by atoms with Crippen molar-refractivity contribution in [3.8, 4) is 0 Å². The van der Waals surface area contributed by atoms with E-state index in [-0.39, 0.29) is 24.2 Å². The highest BCUT2D eigenvalue weighted by Crippen LogP contribution is 2.25. The molecule has 1 N–H and O–H groups in total. The SMILES string of the molecule is CCOC(=O)N1CCN(c2ccc(N3CC(CNC(=S)C(C)C)OC3=O)cc2)CC1. The molecular formula is C21H30N4O4S. The van der Waals surface area contributed by atoms with Gasteiger partial charge in [-0.1, -0.05) is 26.1 Å². The van der Waals surface area contributed by atoms with Gasteiger partial charge in [-0.25, -0.2) is 9.59 Å². The maximum Gasteiger partial charge on any atom is 0.414 e. The third-order valence-electron chi connectivity index (χ3n) is 5.23. The van der Waals surface area contributed by atoms with Gasteiger partial charge in [0.15, 0.2) is 0 Å². The van der Waals surface area contributed by atoms with E-state index in [2.05, 4.69) is 10.2 Å². The summed E-state index contributed by atoms with van der Waals surface area (Å²) in [6.07, 6.45) is -0.823. The number of carbonyl (C=O) groups is 2. The van der Waals surface area contributed by atoms with Gasteiger partial charge < -0.3 is 24.6 Å². The predicted molar refractivity (Wildman–Crippen MR) is 120 cm³/mol. The average molecular weight is 435 g/mol. The van der Waals surface area contributed by atoms with Crippen LogP contribution in [0.15, 0.2) is 24.3 Å². The van der Waals surface area contributed by atoms with Crippen molar-refractivity contribution in [2.24, 2.45) is 5.92 Å². The maximum atomic E-state index is 12.3. The zero-order valence-electron chi connectivity index (χ0n) is 17.8. The first-order chi connectivity index (χ1) is 14.4. The first-order valence-corrected chi connectivity index (χ1v) is 10.8. The molecule has 0 radical (unpaired) electrons. The standard InChI is InChI=1S/C21H30N4O4S/c1-4-28-20(26)24-11-9-23(10-12-24)16-5-7-17(8-6-16)25-14-18(29-21(25)27)13-22-19(30)15(2)3/h5-8,15,18H,4,9-14H2,1-3H3,(H,22,30). The Kier molecular flexibility index (Phi) is 7.36. The van der Waals surface area contributed by atoms with Crippen molar-refractivity contribution in [1.82, 2.24) is 10.2 Å². The van der Waals surface area contributed by atoms with Crippen LogP contribution in [0.3, 0.4) is 0 Å². The zero-order chi connectivity index (χ0) is 21.7. The number of benzene rings is 1. The fraction of sp³-hybridized carbons (Fsp3) is 0.571. The van der Waals surface area contributed by atoms with E-state index in [4.69, 9.17) is 21.7 Å². The first-order valence-electron chi connectivity index (χ1n) is 10.4. The Hall–Kier alpha value is -2.55. The molecule has 2 aliphatic heterocycles. The molecule has 2 aliphatic rings. The summed E-state index contributed by atoms with van der Waals surface area (Å²) in [5, 5.41) is 3.17. The van der Waals surface area contributed by atoms with Crippen LogP contribution in [0, 0.1) is 5.92 Å². The van der Waals surface area contributed by atoms with E-state index in [1.165, 1.54) is 0 Å². The van der Waals surface area contributed by atoms with E-state index >= 15 is 0 Å². The molecule has 1 aromatic carbocycles. The van der Waals surface area contributed by atoms with E-state index in [0.29, 0.717) is 32.8 Å². The second-order valence-electron chi connectivity index (χ2n) is 7.71. The van der Waals surface area contributed by atoms with Crippen LogP contribution < -0.4 is 15.1 Å². The molecule has 9 heteroatoms. The van der Waals surface area contributed by atoms with E-state index in [1.807, 2.05) is 45.0 Å². The van der Waals surface area contributed by atoms with Gasteiger partial charge in [0.2, 0.25) is 0 Å². The maximum absolute atomic E-state index is 12.3. The van der Waals surface area contributed by atoms with Gasteiger partial charge >= 0.3 is 12.2 Å². The zero-order valence-corrected chi connectivity index (χ0v) is 18.6. The molecule has 0 aliphatic carbocycles. The third kappa shape index (κ3) is 5.33. The van der Waals surface area contributed by atoms with Gasteiger partial charge in [-0.3, -0.25) is 4.90 Å². The number of thiocarbonyl (C=S) groups is 1. The van der Waals surface area contributed by atoms with Crippen molar-refractivity contribution < 1.29 is 19.1 Å². The van der Waals surface area contributed by atoms with Crippen molar-refractivity contribution in [2.75, 3.05) is 55.7 Å². The van der Waals surface area contributed by atoms with Crippen molar-refractivity contribution in [3.63, 3.8) is 0 Å². The summed E-state index contributed by atoms with van der Waals surface area (Å²) in [4.78, 5) is 30.5. The minimum atomic E-state index is -0.340. The van der Waals surface area contributed by atoms with Crippen LogP contribution in [-0.4, -0.2) is 74.1 Å². The van der Waals surface area contributed by atoms with Gasteiger partial charge in [0, 0.05) is 43.5 Å². The second-order valence-corrected chi connectivity index (χ2v) is 8.15. The quantitative estimate of drug-likeness (QED) is 0.690. The number of piperazine rings is 1. The summed E-state index contributed by atoms with van der Waals surface area (Å²) in [5.41, 5.74) is 1.87. The molecule has 0 saturated carbocycles. The molecule has 0 spiro atoms. The number of nitrogens with one attached hydrogen (secondary N) is 1. The molecule has 2 saturated heterocycles. The van der Waals surface area contributed by atoms with Crippen LogP contribution in [0.4, 0.5) is 21.0 Å². The van der Waals surface area contributed by atoms with E-state index in [0.717, 1.165) is 29.5 Å². The van der Waals surface area contributed by atoms with Crippen LogP contribution in [0.1, 0.15) is 20.8 Å². The van der Waals surface area contributed by atoms with Gasteiger partial charge in [0.1, 0.15) is 6.10 Å². The molecule has 0 bridgehead atoms. The third-order valence-corrected chi connectivity index (χ3v) is 5.85. The molecule has 30 heavy (non-hydrogen) atoms. The number of cyclic esters (lactones) is 1. The van der Waals surface area contributed by atoms with Crippen molar-refractivity contribution in [1.29, 1.82) is 0 Å². The Bertz CT molecular complexity index is 763. The Morgan fingerprint density at radius 3 is 2.43 bits per heavy atom. The van der Waals surface area contributed by atoms with Gasteiger partial charge in [-0.2, -0.15) is 0 Å². The minimum Gasteiger partial charge on any atom is -0.450 e. The molecule has 1 atom stereocenters. The number of hydrogen-bond acceptors (Lipinski definition) is 6. The molecule has 2 fully saturated rings. The van der Waals surface area contributed by atoms with Crippen LogP contribution in [-0.2, 0) is 9.47 Å². The number of carbonyl (C=O) groups excluding carboxylic acids is 2. The highest BCUT2D eigenvalue weighted by Gasteiger charge is 2.32. The summed E-state index contributed by atoms with van der Waals surface area (Å²) in [5.74, 6) is 0.264. The largest absolute Gasteiger partial charge is 0.450 e. The van der Waals surface area contributed by atoms with E-state index in [1.54, 1.807) is 9.80 Å². The number of rotatable bonds is 6. The van der Waals surface area contributed by atoms with E-state index < -0.39 is 0 Å². The van der Waals surface area contributed by atoms with Gasteiger partial charge in [-0.15, -0.1) is 0 Å². The van der Waals surface area contributed by atoms with Gasteiger partial charge in [-0.05, 0) is 31.2 Å². The molecule has 8 nitrogen and oxygen atoms in total. The predicted octanol–water partition coefficient (Wildman–Crippen LogP) is 2.86. The Balaban J connectivity index is 1.53. The fourth-order valence-corrected chi connectivity index (χ4v) is 3.55. The Morgan fingerprint density at radius 1 is 1.20 bits per heavy atom. The van der Waals surface area contributed by atoms with Crippen LogP contribution in [0.2, 0.25) is 0 Å². The van der Waals surface area contributed by atoms with Gasteiger partial charge in [0.25, 0.3) is 0 Å². The summed E-state index contributed by atoms with van der Waals surface area (Å²) in [6.45, 7) is 10.0. The number of hydrogen-bond donors (Lipinski definition) is 1. The van der Waals surface area contributed by atoms with Crippen molar-refractivity contribution >= 4 is 40.8 Å². The molecule has 2 amide bonds. The Labute approximate surface area is 183 Å². The minimum absolute atomic E-state index is 0.232. The highest BCUT2D eigenvalue weighted by molar-refractivity contribution is 7.80. The summed E-state index contributed by atoms with van der Waals surface area (Å²) in [7, 11) is 0. The lowest BCUT2D eigenvalue weighted by atomic mass is 10.2. The molecule has 0 aromatic heterocycles. The van der Waals surface area contributed by atoms with E-state index in [9.17, 15) is 9.59 Å². The monoisotopic (exact) mass is 434 g/mol. The first kappa shape index (κ1) is 22.1. The molecule has 1 aromatic rings. The lowest BCUT2D eigenvalue weighted by Crippen LogP contribution is -2.49. The average Bonchev–Trinajstić information content (AvgIpc) is 3.13. The molecule has 164 valence electrons.